The number of hydrogen-bond acceptors (Lipinski definition) is 4. The van der Waals surface area contributed by atoms with Gasteiger partial charge in [0.15, 0.2) is 6.23 Å². The number of nitrogens with zero attached hydrogens (tertiary/aromatic N) is 2. The number of β-amino-alcohol motifs (C(OH)–C–C–N with tert-alkyl or cyclic N) is 1. The van der Waals surface area contributed by atoms with Crippen molar-refractivity contribution in [3.05, 3.63) is 71.3 Å². The van der Waals surface area contributed by atoms with Gasteiger partial charge in [0.2, 0.25) is 0 Å². The Labute approximate surface area is 165 Å². The Balaban J connectivity index is 1.46. The van der Waals surface area contributed by atoms with Crippen LogP contribution in [0.5, 0.6) is 0 Å². The number of carbonyl (C=O) groups is 1. The number of fused-ring (bicyclic) bond motifs is 4. The van der Waals surface area contributed by atoms with Crippen LogP contribution in [0.15, 0.2) is 54.6 Å². The molecule has 0 unspecified atom stereocenters. The van der Waals surface area contributed by atoms with Crippen LogP contribution in [-0.4, -0.2) is 46.9 Å². The van der Waals surface area contributed by atoms with Gasteiger partial charge in [0.1, 0.15) is 0 Å². The Morgan fingerprint density at radius 3 is 2.32 bits per heavy atom. The first-order valence-corrected chi connectivity index (χ1v) is 10.2. The van der Waals surface area contributed by atoms with E-state index in [4.69, 9.17) is 4.74 Å². The first-order chi connectivity index (χ1) is 13.7. The Morgan fingerprint density at radius 1 is 0.964 bits per heavy atom. The van der Waals surface area contributed by atoms with Crippen LogP contribution in [0.4, 0.5) is 4.79 Å². The highest BCUT2D eigenvalue weighted by atomic mass is 16.6. The van der Waals surface area contributed by atoms with Crippen molar-refractivity contribution in [1.82, 2.24) is 9.80 Å². The number of carbonyl (C=O) groups excluding carboxylic acids is 1. The van der Waals surface area contributed by atoms with E-state index in [9.17, 15) is 9.90 Å². The van der Waals surface area contributed by atoms with Crippen molar-refractivity contribution in [3.8, 4) is 0 Å². The summed E-state index contributed by atoms with van der Waals surface area (Å²) in [5, 5.41) is 10.7. The molecule has 5 nitrogen and oxygen atoms in total. The van der Waals surface area contributed by atoms with Gasteiger partial charge in [0.25, 0.3) is 0 Å². The van der Waals surface area contributed by atoms with Gasteiger partial charge in [-0.3, -0.25) is 9.80 Å². The third kappa shape index (κ3) is 3.09. The van der Waals surface area contributed by atoms with Crippen LogP contribution in [0.3, 0.4) is 0 Å². The Morgan fingerprint density at radius 2 is 1.64 bits per heavy atom. The van der Waals surface area contributed by atoms with Crippen molar-refractivity contribution in [2.45, 2.75) is 37.6 Å². The van der Waals surface area contributed by atoms with Gasteiger partial charge in [-0.25, -0.2) is 4.79 Å². The Kier molecular flexibility index (Phi) is 4.57. The molecule has 3 fully saturated rings. The van der Waals surface area contributed by atoms with Crippen LogP contribution >= 0.6 is 0 Å². The van der Waals surface area contributed by atoms with E-state index in [0.717, 1.165) is 36.2 Å². The summed E-state index contributed by atoms with van der Waals surface area (Å²) in [5.41, 5.74) is 2.89. The van der Waals surface area contributed by atoms with Gasteiger partial charge in [-0.15, -0.1) is 0 Å². The van der Waals surface area contributed by atoms with Crippen LogP contribution in [0.25, 0.3) is 0 Å². The molecule has 0 radical (unpaired) electrons. The number of benzene rings is 2. The third-order valence-corrected chi connectivity index (χ3v) is 6.51. The lowest BCUT2D eigenvalue weighted by molar-refractivity contribution is -0.0952. The molecule has 4 aliphatic heterocycles. The maximum atomic E-state index is 13.2. The van der Waals surface area contributed by atoms with Gasteiger partial charge in [-0.2, -0.15) is 0 Å². The van der Waals surface area contributed by atoms with Crippen molar-refractivity contribution in [3.63, 3.8) is 0 Å². The van der Waals surface area contributed by atoms with E-state index in [1.807, 2.05) is 54.6 Å². The molecule has 4 aliphatic rings. The van der Waals surface area contributed by atoms with E-state index < -0.39 is 6.10 Å². The molecule has 0 spiro atoms. The van der Waals surface area contributed by atoms with E-state index in [1.54, 1.807) is 4.90 Å². The zero-order valence-corrected chi connectivity index (χ0v) is 15.9. The summed E-state index contributed by atoms with van der Waals surface area (Å²) < 4.78 is 5.98. The molecule has 4 heterocycles. The fraction of sp³-hybridized carbons (Fsp3) is 0.435. The van der Waals surface area contributed by atoms with Crippen LogP contribution in [0.2, 0.25) is 0 Å². The molecule has 0 aliphatic carbocycles. The van der Waals surface area contributed by atoms with Crippen LogP contribution in [-0.2, 0) is 4.74 Å². The van der Waals surface area contributed by atoms with E-state index in [2.05, 4.69) is 4.90 Å². The second-order valence-corrected chi connectivity index (χ2v) is 8.16. The maximum absolute atomic E-state index is 13.2. The lowest BCUT2D eigenvalue weighted by Gasteiger charge is -2.46. The largest absolute Gasteiger partial charge is 0.430 e. The van der Waals surface area contributed by atoms with E-state index in [-0.39, 0.29) is 24.9 Å². The van der Waals surface area contributed by atoms with Crippen molar-refractivity contribution in [2.75, 3.05) is 19.6 Å². The monoisotopic (exact) mass is 378 g/mol. The van der Waals surface area contributed by atoms with Crippen LogP contribution in [0, 0.1) is 5.92 Å². The second-order valence-electron chi connectivity index (χ2n) is 8.16. The van der Waals surface area contributed by atoms with E-state index >= 15 is 0 Å². The molecule has 3 atom stereocenters. The number of hydrogen-bond donors (Lipinski definition) is 1. The normalized spacial score (nSPS) is 31.3. The molecular weight excluding hydrogens is 352 g/mol. The lowest BCUT2D eigenvalue weighted by atomic mass is 9.87. The van der Waals surface area contributed by atoms with E-state index in [0.29, 0.717) is 5.92 Å². The molecule has 28 heavy (non-hydrogen) atoms. The summed E-state index contributed by atoms with van der Waals surface area (Å²) in [4.78, 5) is 17.2. The van der Waals surface area contributed by atoms with Crippen LogP contribution in [0.1, 0.15) is 48.1 Å². The standard InChI is InChI=1S/C23H26N2O3/c26-20-15-25(23(27)28-21-14-16-10-12-24(21)13-11-16)22(17-6-2-1-3-7-17)19-9-5-4-8-18(19)20/h1-9,16,20-22,26H,10-15H2/t20-,21+,22-/m0/s1. The van der Waals surface area contributed by atoms with Gasteiger partial charge in [0, 0.05) is 19.5 Å². The molecule has 0 aromatic heterocycles. The minimum atomic E-state index is -0.702. The molecule has 2 bridgehead atoms. The van der Waals surface area contributed by atoms with Gasteiger partial charge in [-0.05, 0) is 35.4 Å². The predicted molar refractivity (Wildman–Crippen MR) is 106 cm³/mol. The minimum Gasteiger partial charge on any atom is -0.430 e. The summed E-state index contributed by atoms with van der Waals surface area (Å²) in [6.07, 6.45) is 2.17. The van der Waals surface area contributed by atoms with Gasteiger partial charge in [-0.1, -0.05) is 54.6 Å². The van der Waals surface area contributed by atoms with Gasteiger partial charge >= 0.3 is 6.09 Å². The number of aliphatic hydroxyl groups excluding tert-OH is 1. The summed E-state index contributed by atoms with van der Waals surface area (Å²) in [7, 11) is 0. The maximum Gasteiger partial charge on any atom is 0.412 e. The number of aliphatic hydroxyl groups is 1. The molecule has 2 aromatic carbocycles. The highest BCUT2D eigenvalue weighted by Gasteiger charge is 2.40. The highest BCUT2D eigenvalue weighted by Crippen LogP contribution is 2.40. The molecule has 1 amide bonds. The molecule has 6 rings (SSSR count). The molecule has 0 saturated carbocycles. The van der Waals surface area contributed by atoms with Crippen molar-refractivity contribution in [2.24, 2.45) is 5.92 Å². The zero-order valence-electron chi connectivity index (χ0n) is 15.9. The summed E-state index contributed by atoms with van der Waals surface area (Å²) in [6.45, 7) is 2.26. The average molecular weight is 378 g/mol. The first kappa shape index (κ1) is 17.7. The fourth-order valence-electron chi connectivity index (χ4n) is 5.01. The third-order valence-electron chi connectivity index (χ3n) is 6.51. The summed E-state index contributed by atoms with van der Waals surface area (Å²) >= 11 is 0. The molecule has 5 heteroatoms. The van der Waals surface area contributed by atoms with Crippen molar-refractivity contribution in [1.29, 1.82) is 0 Å². The van der Waals surface area contributed by atoms with Crippen molar-refractivity contribution < 1.29 is 14.6 Å². The highest BCUT2D eigenvalue weighted by molar-refractivity contribution is 5.70. The molecule has 2 aromatic rings. The first-order valence-electron chi connectivity index (χ1n) is 10.2. The van der Waals surface area contributed by atoms with Crippen molar-refractivity contribution >= 4 is 6.09 Å². The summed E-state index contributed by atoms with van der Waals surface area (Å²) in [6, 6.07) is 17.6. The predicted octanol–water partition coefficient (Wildman–Crippen LogP) is 3.70. The Bertz CT molecular complexity index is 848. The molecule has 146 valence electrons. The lowest BCUT2D eigenvalue weighted by Crippen LogP contribution is -2.52. The second kappa shape index (κ2) is 7.22. The molecule has 1 N–H and O–H groups in total. The van der Waals surface area contributed by atoms with Gasteiger partial charge in [0.05, 0.1) is 18.7 Å². The molecule has 3 saturated heterocycles. The SMILES string of the molecule is O=C(O[C@@H]1CC2CCN1CC2)N1C[C@H](O)c2ccccc2[C@@H]1c1ccccc1. The van der Waals surface area contributed by atoms with Gasteiger partial charge < -0.3 is 9.84 Å². The molecular formula is C23H26N2O3. The minimum absolute atomic E-state index is 0.134. The fourth-order valence-corrected chi connectivity index (χ4v) is 5.01. The summed E-state index contributed by atoms with van der Waals surface area (Å²) in [5.74, 6) is 0.667. The topological polar surface area (TPSA) is 53.0 Å². The van der Waals surface area contributed by atoms with E-state index in [1.165, 1.54) is 12.8 Å². The number of amides is 1. The van der Waals surface area contributed by atoms with Crippen LogP contribution < -0.4 is 0 Å². The number of piperidine rings is 3. The Hall–Kier alpha value is -2.37. The smallest absolute Gasteiger partial charge is 0.412 e. The number of rotatable bonds is 2. The quantitative estimate of drug-likeness (QED) is 0.866. The zero-order chi connectivity index (χ0) is 19.1. The number of ether oxygens (including phenoxy) is 1. The average Bonchev–Trinajstić information content (AvgIpc) is 2.75.